The van der Waals surface area contributed by atoms with Gasteiger partial charge in [-0.15, -0.1) is 0 Å². The number of hydrogen-bond acceptors (Lipinski definition) is 4. The summed E-state index contributed by atoms with van der Waals surface area (Å²) in [6, 6.07) is 0.570. The van der Waals surface area contributed by atoms with Crippen molar-refractivity contribution in [3.8, 4) is 0 Å². The van der Waals surface area contributed by atoms with Crippen LogP contribution in [0.3, 0.4) is 0 Å². The minimum atomic E-state index is 0.0947. The lowest BCUT2D eigenvalue weighted by atomic mass is 9.73. The van der Waals surface area contributed by atoms with E-state index in [1.54, 1.807) is 0 Å². The van der Waals surface area contributed by atoms with E-state index < -0.39 is 0 Å². The number of nitrogens with one attached hydrogen (secondary N) is 1. The maximum Gasteiger partial charge on any atom is 0.0729 e. The van der Waals surface area contributed by atoms with Crippen molar-refractivity contribution in [3.63, 3.8) is 0 Å². The molecule has 4 atom stereocenters. The first-order chi connectivity index (χ1) is 10.3. The highest BCUT2D eigenvalue weighted by atomic mass is 16.5. The molecule has 0 aromatic carbocycles. The van der Waals surface area contributed by atoms with Gasteiger partial charge in [0, 0.05) is 38.4 Å². The first kappa shape index (κ1) is 15.7. The van der Waals surface area contributed by atoms with Crippen LogP contribution in [0.4, 0.5) is 0 Å². The topological polar surface area (TPSA) is 39.7 Å². The van der Waals surface area contributed by atoms with Gasteiger partial charge >= 0.3 is 0 Å². The fraction of sp³-hybridized carbons (Fsp3) is 1.00. The lowest BCUT2D eigenvalue weighted by Crippen LogP contribution is -2.51. The van der Waals surface area contributed by atoms with Crippen LogP contribution in [-0.2, 0) is 14.2 Å². The summed E-state index contributed by atoms with van der Waals surface area (Å²) in [6.07, 6.45) is 7.28. The third-order valence-corrected chi connectivity index (χ3v) is 5.90. The minimum Gasteiger partial charge on any atom is -0.381 e. The smallest absolute Gasteiger partial charge is 0.0729 e. The summed E-state index contributed by atoms with van der Waals surface area (Å²) < 4.78 is 17.7. The molecule has 21 heavy (non-hydrogen) atoms. The number of rotatable bonds is 4. The molecule has 1 spiro atoms. The fourth-order valence-corrected chi connectivity index (χ4v) is 4.76. The Morgan fingerprint density at radius 3 is 2.67 bits per heavy atom. The predicted octanol–water partition coefficient (Wildman–Crippen LogP) is 2.37. The van der Waals surface area contributed by atoms with Crippen molar-refractivity contribution in [2.45, 2.75) is 63.2 Å². The summed E-state index contributed by atoms with van der Waals surface area (Å²) in [5, 5.41) is 3.63. The zero-order valence-corrected chi connectivity index (χ0v) is 13.6. The van der Waals surface area contributed by atoms with Crippen LogP contribution in [0.2, 0.25) is 0 Å². The largest absolute Gasteiger partial charge is 0.381 e. The Morgan fingerprint density at radius 2 is 1.95 bits per heavy atom. The van der Waals surface area contributed by atoms with Gasteiger partial charge in [-0.25, -0.2) is 0 Å². The molecular weight excluding hydrogens is 266 g/mol. The van der Waals surface area contributed by atoms with Gasteiger partial charge in [0.05, 0.1) is 11.7 Å². The first-order valence-electron chi connectivity index (χ1n) is 8.78. The Bertz CT molecular complexity index is 324. The van der Waals surface area contributed by atoms with Crippen LogP contribution >= 0.6 is 0 Å². The molecular formula is C17H31NO3. The molecule has 4 nitrogen and oxygen atoms in total. The third-order valence-electron chi connectivity index (χ3n) is 5.90. The highest BCUT2D eigenvalue weighted by molar-refractivity contribution is 4.96. The average molecular weight is 297 g/mol. The summed E-state index contributed by atoms with van der Waals surface area (Å²) in [6.45, 7) is 5.82. The summed E-state index contributed by atoms with van der Waals surface area (Å²) in [5.41, 5.74) is 0.0947. The van der Waals surface area contributed by atoms with E-state index in [4.69, 9.17) is 14.2 Å². The Kier molecular flexibility index (Phi) is 5.20. The minimum absolute atomic E-state index is 0.0947. The number of ether oxygens (including phenoxy) is 3. The standard InChI is InChI=1S/C17H31NO3/c1-3-15-14(5-8-20-15)16(18-2)13-4-9-21-17(12-13)6-10-19-11-7-17/h13-16,18H,3-12H2,1-2H3. The van der Waals surface area contributed by atoms with Gasteiger partial charge in [-0.2, -0.15) is 0 Å². The molecule has 0 saturated carbocycles. The van der Waals surface area contributed by atoms with Gasteiger partial charge in [-0.3, -0.25) is 0 Å². The van der Waals surface area contributed by atoms with E-state index in [0.29, 0.717) is 24.0 Å². The molecule has 0 bridgehead atoms. The fourth-order valence-electron chi connectivity index (χ4n) is 4.76. The maximum atomic E-state index is 6.21. The van der Waals surface area contributed by atoms with Gasteiger partial charge in [-0.05, 0) is 51.5 Å². The van der Waals surface area contributed by atoms with Crippen molar-refractivity contribution < 1.29 is 14.2 Å². The van der Waals surface area contributed by atoms with Crippen molar-refractivity contribution in [2.75, 3.05) is 33.5 Å². The van der Waals surface area contributed by atoms with Crippen molar-refractivity contribution in [1.82, 2.24) is 5.32 Å². The predicted molar refractivity (Wildman–Crippen MR) is 82.4 cm³/mol. The molecule has 1 N–H and O–H groups in total. The summed E-state index contributed by atoms with van der Waals surface area (Å²) >= 11 is 0. The van der Waals surface area contributed by atoms with E-state index in [-0.39, 0.29) is 5.60 Å². The molecule has 4 heteroatoms. The normalized spacial score (nSPS) is 37.7. The maximum absolute atomic E-state index is 6.21. The van der Waals surface area contributed by atoms with E-state index in [9.17, 15) is 0 Å². The highest BCUT2D eigenvalue weighted by Crippen LogP contribution is 2.41. The molecule has 122 valence electrons. The molecule has 4 unspecified atom stereocenters. The van der Waals surface area contributed by atoms with E-state index in [1.165, 1.54) is 19.3 Å². The summed E-state index contributed by atoms with van der Waals surface area (Å²) in [7, 11) is 2.13. The molecule has 3 aliphatic rings. The van der Waals surface area contributed by atoms with Gasteiger partial charge < -0.3 is 19.5 Å². The van der Waals surface area contributed by atoms with E-state index in [0.717, 1.165) is 45.7 Å². The summed E-state index contributed by atoms with van der Waals surface area (Å²) in [5.74, 6) is 1.38. The van der Waals surface area contributed by atoms with Crippen molar-refractivity contribution in [3.05, 3.63) is 0 Å². The van der Waals surface area contributed by atoms with Crippen molar-refractivity contribution in [1.29, 1.82) is 0 Å². The van der Waals surface area contributed by atoms with Crippen LogP contribution < -0.4 is 5.32 Å². The van der Waals surface area contributed by atoms with Gasteiger partial charge in [0.15, 0.2) is 0 Å². The second-order valence-corrected chi connectivity index (χ2v) is 6.98. The van der Waals surface area contributed by atoms with E-state index >= 15 is 0 Å². The van der Waals surface area contributed by atoms with E-state index in [2.05, 4.69) is 19.3 Å². The van der Waals surface area contributed by atoms with Gasteiger partial charge in [0.2, 0.25) is 0 Å². The third kappa shape index (κ3) is 3.29. The van der Waals surface area contributed by atoms with Crippen molar-refractivity contribution in [2.24, 2.45) is 11.8 Å². The molecule has 3 rings (SSSR count). The molecule has 3 aliphatic heterocycles. The molecule has 0 aromatic heterocycles. The quantitative estimate of drug-likeness (QED) is 0.865. The SMILES string of the molecule is CCC1OCCC1C(NC)C1CCOC2(CCOCC2)C1. The lowest BCUT2D eigenvalue weighted by Gasteiger charge is -2.46. The van der Waals surface area contributed by atoms with Crippen LogP contribution in [0.5, 0.6) is 0 Å². The van der Waals surface area contributed by atoms with E-state index in [1.807, 2.05) is 0 Å². The second kappa shape index (κ2) is 6.95. The average Bonchev–Trinajstić information content (AvgIpc) is 2.97. The van der Waals surface area contributed by atoms with Crippen LogP contribution in [0.25, 0.3) is 0 Å². The Morgan fingerprint density at radius 1 is 1.14 bits per heavy atom. The zero-order valence-electron chi connectivity index (χ0n) is 13.6. The Hall–Kier alpha value is -0.160. The van der Waals surface area contributed by atoms with Gasteiger partial charge in [-0.1, -0.05) is 6.92 Å². The lowest BCUT2D eigenvalue weighted by molar-refractivity contribution is -0.152. The molecule has 3 heterocycles. The highest BCUT2D eigenvalue weighted by Gasteiger charge is 2.44. The van der Waals surface area contributed by atoms with Gasteiger partial charge in [0.25, 0.3) is 0 Å². The van der Waals surface area contributed by atoms with Crippen LogP contribution in [0, 0.1) is 11.8 Å². The summed E-state index contributed by atoms with van der Waals surface area (Å²) in [4.78, 5) is 0. The molecule has 0 amide bonds. The Balaban J connectivity index is 1.68. The van der Waals surface area contributed by atoms with Crippen LogP contribution in [0.1, 0.15) is 45.4 Å². The van der Waals surface area contributed by atoms with Crippen LogP contribution in [0.15, 0.2) is 0 Å². The molecule has 3 saturated heterocycles. The van der Waals surface area contributed by atoms with Crippen LogP contribution in [-0.4, -0.2) is 51.2 Å². The van der Waals surface area contributed by atoms with Gasteiger partial charge in [0.1, 0.15) is 0 Å². The molecule has 0 radical (unpaired) electrons. The molecule has 0 aliphatic carbocycles. The molecule has 3 fully saturated rings. The number of hydrogen-bond donors (Lipinski definition) is 1. The zero-order chi connectivity index (χ0) is 14.7. The first-order valence-corrected chi connectivity index (χ1v) is 8.78. The molecule has 0 aromatic rings. The monoisotopic (exact) mass is 297 g/mol. The Labute approximate surface area is 128 Å². The second-order valence-electron chi connectivity index (χ2n) is 6.98. The van der Waals surface area contributed by atoms with Crippen molar-refractivity contribution >= 4 is 0 Å².